The summed E-state index contributed by atoms with van der Waals surface area (Å²) in [6.45, 7) is 1.33. The lowest BCUT2D eigenvalue weighted by molar-refractivity contribution is -0.137. The predicted molar refractivity (Wildman–Crippen MR) is 110 cm³/mol. The fraction of sp³-hybridized carbons (Fsp3) is 0.364. The second kappa shape index (κ2) is 7.92. The molecule has 0 N–H and O–H groups in total. The average Bonchev–Trinajstić information content (AvgIpc) is 3.59. The van der Waals surface area contributed by atoms with Gasteiger partial charge in [0.1, 0.15) is 5.65 Å². The van der Waals surface area contributed by atoms with Crippen molar-refractivity contribution in [1.82, 2.24) is 14.1 Å². The van der Waals surface area contributed by atoms with Crippen molar-refractivity contribution in [2.45, 2.75) is 38.4 Å². The van der Waals surface area contributed by atoms with Gasteiger partial charge in [-0.3, -0.25) is 13.9 Å². The maximum Gasteiger partial charge on any atom is 0.416 e. The highest BCUT2D eigenvalue weighted by Crippen LogP contribution is 2.40. The second-order valence-corrected chi connectivity index (χ2v) is 7.72. The van der Waals surface area contributed by atoms with Crippen LogP contribution in [0.3, 0.4) is 0 Å². The molecule has 1 saturated carbocycles. The van der Waals surface area contributed by atoms with Gasteiger partial charge in [0.2, 0.25) is 0 Å². The first kappa shape index (κ1) is 21.8. The van der Waals surface area contributed by atoms with Crippen LogP contribution in [0.2, 0.25) is 0 Å². The first-order valence-electron chi connectivity index (χ1n) is 10.1. The summed E-state index contributed by atoms with van der Waals surface area (Å²) in [5, 5.41) is -0.0954. The molecule has 0 radical (unpaired) electrons. The first-order valence-corrected chi connectivity index (χ1v) is 10.1. The molecule has 1 fully saturated rings. The molecule has 0 unspecified atom stereocenters. The summed E-state index contributed by atoms with van der Waals surface area (Å²) >= 11 is 0. The van der Waals surface area contributed by atoms with Crippen LogP contribution in [0.25, 0.3) is 11.0 Å². The Bertz CT molecular complexity index is 1340. The Balaban J connectivity index is 1.93. The van der Waals surface area contributed by atoms with Crippen LogP contribution < -0.4 is 11.2 Å². The number of carbonyl (C=O) groups is 1. The van der Waals surface area contributed by atoms with Gasteiger partial charge in [0.15, 0.2) is 0 Å². The number of hydrogen-bond acceptors (Lipinski definition) is 5. The predicted octanol–water partition coefficient (Wildman–Crippen LogP) is 3.22. The Morgan fingerprint density at radius 3 is 2.56 bits per heavy atom. The fourth-order valence-corrected chi connectivity index (χ4v) is 3.62. The Kier molecular flexibility index (Phi) is 5.39. The van der Waals surface area contributed by atoms with E-state index in [0.717, 1.165) is 34.1 Å². The van der Waals surface area contributed by atoms with Crippen molar-refractivity contribution in [1.29, 1.82) is 0 Å². The van der Waals surface area contributed by atoms with Gasteiger partial charge < -0.3 is 4.74 Å². The second-order valence-electron chi connectivity index (χ2n) is 7.72. The number of alkyl halides is 3. The van der Waals surface area contributed by atoms with Crippen molar-refractivity contribution in [3.05, 3.63) is 73.6 Å². The lowest BCUT2D eigenvalue weighted by atomic mass is 10.1. The minimum Gasteiger partial charge on any atom is -0.462 e. The molecule has 0 atom stereocenters. The van der Waals surface area contributed by atoms with Crippen molar-refractivity contribution in [3.8, 4) is 0 Å². The van der Waals surface area contributed by atoms with Crippen LogP contribution in [0.1, 0.15) is 52.9 Å². The van der Waals surface area contributed by atoms with Crippen LogP contribution in [0.5, 0.6) is 0 Å². The molecular formula is C22H20F3N3O4. The zero-order chi connectivity index (χ0) is 23.2. The summed E-state index contributed by atoms with van der Waals surface area (Å²) in [6.07, 6.45) is -2.78. The number of nitrogens with zero attached hydrogens (tertiary/aromatic N) is 3. The highest BCUT2D eigenvalue weighted by atomic mass is 19.4. The SMILES string of the molecule is CCOC(=O)c1cc(C2CC2)nc2c1c(=O)n(Cc1cccc(C(F)(F)F)c1)c(=O)n2C. The monoisotopic (exact) mass is 447 g/mol. The molecule has 168 valence electrons. The van der Waals surface area contributed by atoms with Crippen LogP contribution in [0.15, 0.2) is 39.9 Å². The largest absolute Gasteiger partial charge is 0.462 e. The average molecular weight is 447 g/mol. The number of halogens is 3. The van der Waals surface area contributed by atoms with Crippen molar-refractivity contribution in [2.75, 3.05) is 6.61 Å². The summed E-state index contributed by atoms with van der Waals surface area (Å²) in [5.41, 5.74) is -1.66. The van der Waals surface area contributed by atoms with Crippen molar-refractivity contribution < 1.29 is 22.7 Å². The molecule has 2 aromatic heterocycles. The maximum absolute atomic E-state index is 13.3. The summed E-state index contributed by atoms with van der Waals surface area (Å²) < 4.78 is 46.2. The van der Waals surface area contributed by atoms with E-state index < -0.39 is 35.5 Å². The molecule has 1 aromatic carbocycles. The molecule has 7 nitrogen and oxygen atoms in total. The summed E-state index contributed by atoms with van der Waals surface area (Å²) in [4.78, 5) is 43.3. The van der Waals surface area contributed by atoms with E-state index in [-0.39, 0.29) is 34.7 Å². The van der Waals surface area contributed by atoms with Crippen LogP contribution >= 0.6 is 0 Å². The maximum atomic E-state index is 13.3. The summed E-state index contributed by atoms with van der Waals surface area (Å²) in [7, 11) is 1.41. The minimum absolute atomic E-state index is 0.00265. The minimum atomic E-state index is -4.56. The van der Waals surface area contributed by atoms with Gasteiger partial charge in [-0.1, -0.05) is 12.1 Å². The molecule has 0 bridgehead atoms. The van der Waals surface area contributed by atoms with Crippen LogP contribution in [0.4, 0.5) is 13.2 Å². The first-order chi connectivity index (χ1) is 15.1. The van der Waals surface area contributed by atoms with Crippen LogP contribution in [0, 0.1) is 0 Å². The van der Waals surface area contributed by atoms with E-state index in [2.05, 4.69) is 4.98 Å². The van der Waals surface area contributed by atoms with Crippen molar-refractivity contribution in [3.63, 3.8) is 0 Å². The number of rotatable bonds is 5. The van der Waals surface area contributed by atoms with Crippen LogP contribution in [-0.2, 0) is 24.5 Å². The van der Waals surface area contributed by atoms with E-state index in [1.54, 1.807) is 6.92 Å². The summed E-state index contributed by atoms with van der Waals surface area (Å²) in [6, 6.07) is 5.91. The number of hydrogen-bond donors (Lipinski definition) is 0. The van der Waals surface area contributed by atoms with Gasteiger partial charge >= 0.3 is 17.8 Å². The van der Waals surface area contributed by atoms with Crippen molar-refractivity contribution in [2.24, 2.45) is 7.05 Å². The van der Waals surface area contributed by atoms with E-state index >= 15 is 0 Å². The highest BCUT2D eigenvalue weighted by Gasteiger charge is 2.31. The van der Waals surface area contributed by atoms with E-state index in [1.807, 2.05) is 0 Å². The smallest absolute Gasteiger partial charge is 0.416 e. The van der Waals surface area contributed by atoms with E-state index in [9.17, 15) is 27.6 Å². The zero-order valence-electron chi connectivity index (χ0n) is 17.4. The van der Waals surface area contributed by atoms with Gasteiger partial charge in [0, 0.05) is 18.7 Å². The quantitative estimate of drug-likeness (QED) is 0.561. The number of fused-ring (bicyclic) bond motifs is 1. The third-order valence-electron chi connectivity index (χ3n) is 5.40. The molecule has 0 spiro atoms. The molecule has 2 heterocycles. The molecule has 0 amide bonds. The fourth-order valence-electron chi connectivity index (χ4n) is 3.62. The lowest BCUT2D eigenvalue weighted by Crippen LogP contribution is -2.40. The molecule has 1 aliphatic rings. The van der Waals surface area contributed by atoms with Gasteiger partial charge in [-0.05, 0) is 43.5 Å². The Morgan fingerprint density at radius 2 is 1.94 bits per heavy atom. The molecule has 0 aliphatic heterocycles. The third kappa shape index (κ3) is 3.92. The Morgan fingerprint density at radius 1 is 1.22 bits per heavy atom. The number of ether oxygens (including phenoxy) is 1. The number of benzene rings is 1. The number of esters is 1. The zero-order valence-corrected chi connectivity index (χ0v) is 17.4. The van der Waals surface area contributed by atoms with E-state index in [4.69, 9.17) is 4.74 Å². The number of carbonyl (C=O) groups excluding carboxylic acids is 1. The Labute approximate surface area is 180 Å². The van der Waals surface area contributed by atoms with Gasteiger partial charge in [-0.2, -0.15) is 13.2 Å². The molecule has 4 rings (SSSR count). The van der Waals surface area contributed by atoms with Crippen LogP contribution in [-0.4, -0.2) is 26.7 Å². The van der Waals surface area contributed by atoms with E-state index in [0.29, 0.717) is 5.69 Å². The lowest BCUT2D eigenvalue weighted by Gasteiger charge is -2.14. The topological polar surface area (TPSA) is 83.2 Å². The standard InChI is InChI=1S/C22H20F3N3O4/c1-3-32-20(30)15-10-16(13-7-8-13)26-18-17(15)19(29)28(21(31)27(18)2)11-12-5-4-6-14(9-12)22(23,24)25/h4-6,9-10,13H,3,7-8,11H2,1-2H3. The summed E-state index contributed by atoms with van der Waals surface area (Å²) in [5.74, 6) is -0.571. The number of aryl methyl sites for hydroxylation is 1. The molecule has 0 saturated heterocycles. The molecule has 3 aromatic rings. The molecule has 32 heavy (non-hydrogen) atoms. The highest BCUT2D eigenvalue weighted by molar-refractivity contribution is 6.02. The van der Waals surface area contributed by atoms with Crippen molar-refractivity contribution >= 4 is 17.0 Å². The molecular weight excluding hydrogens is 427 g/mol. The molecule has 10 heteroatoms. The third-order valence-corrected chi connectivity index (χ3v) is 5.40. The normalized spacial score (nSPS) is 14.0. The van der Waals surface area contributed by atoms with Gasteiger partial charge in [-0.15, -0.1) is 0 Å². The number of pyridine rings is 1. The van der Waals surface area contributed by atoms with Gasteiger partial charge in [0.05, 0.1) is 29.7 Å². The van der Waals surface area contributed by atoms with Gasteiger partial charge in [0.25, 0.3) is 5.56 Å². The Hall–Kier alpha value is -3.43. The van der Waals surface area contributed by atoms with Gasteiger partial charge in [-0.25, -0.2) is 14.6 Å². The molecule has 1 aliphatic carbocycles. The number of aromatic nitrogens is 3. The van der Waals surface area contributed by atoms with E-state index in [1.165, 1.54) is 25.2 Å².